The minimum atomic E-state index is 0.476. The summed E-state index contributed by atoms with van der Waals surface area (Å²) in [5, 5.41) is 3.44. The number of nitrogens with zero attached hydrogens (tertiary/aromatic N) is 1. The molecule has 1 heterocycles. The number of aryl methyl sites for hydroxylation is 1. The van der Waals surface area contributed by atoms with Crippen molar-refractivity contribution in [1.29, 1.82) is 0 Å². The second-order valence-electron chi connectivity index (χ2n) is 5.24. The molecular formula is C17H22N2O. The Balaban J connectivity index is 2.37. The highest BCUT2D eigenvalue weighted by atomic mass is 16.5. The zero-order valence-electron chi connectivity index (χ0n) is 12.6. The van der Waals surface area contributed by atoms with E-state index in [1.807, 2.05) is 12.1 Å². The third-order valence-corrected chi connectivity index (χ3v) is 3.26. The molecule has 2 aromatic rings. The highest BCUT2D eigenvalue weighted by molar-refractivity contribution is 5.70. The van der Waals surface area contributed by atoms with Gasteiger partial charge >= 0.3 is 0 Å². The van der Waals surface area contributed by atoms with Gasteiger partial charge in [-0.15, -0.1) is 0 Å². The van der Waals surface area contributed by atoms with Gasteiger partial charge in [0.15, 0.2) is 0 Å². The molecular weight excluding hydrogens is 248 g/mol. The molecule has 3 nitrogen and oxygen atoms in total. The third-order valence-electron chi connectivity index (χ3n) is 3.26. The van der Waals surface area contributed by atoms with E-state index in [4.69, 9.17) is 4.74 Å². The monoisotopic (exact) mass is 270 g/mol. The number of ether oxygens (including phenoxy) is 1. The Kier molecular flexibility index (Phi) is 4.74. The van der Waals surface area contributed by atoms with Gasteiger partial charge in [0.1, 0.15) is 11.4 Å². The molecule has 0 saturated carbocycles. The number of methoxy groups -OCH3 is 1. The number of rotatable bonds is 5. The van der Waals surface area contributed by atoms with Crippen molar-refractivity contribution in [3.8, 4) is 17.0 Å². The second-order valence-corrected chi connectivity index (χ2v) is 5.24. The molecule has 0 unspecified atom stereocenters. The van der Waals surface area contributed by atoms with E-state index in [1.54, 1.807) is 13.3 Å². The van der Waals surface area contributed by atoms with Crippen LogP contribution in [0.5, 0.6) is 5.75 Å². The Bertz CT molecular complexity index is 579. The number of hydrogen-bond acceptors (Lipinski definition) is 3. The Morgan fingerprint density at radius 2 is 2.05 bits per heavy atom. The minimum absolute atomic E-state index is 0.476. The van der Waals surface area contributed by atoms with Crippen LogP contribution in [-0.4, -0.2) is 18.1 Å². The van der Waals surface area contributed by atoms with Gasteiger partial charge in [-0.2, -0.15) is 0 Å². The van der Waals surface area contributed by atoms with Gasteiger partial charge in [-0.25, -0.2) is 0 Å². The first-order valence-electron chi connectivity index (χ1n) is 6.94. The predicted octanol–water partition coefficient (Wildman–Crippen LogP) is 3.56. The third kappa shape index (κ3) is 3.36. The molecule has 1 aromatic heterocycles. The Morgan fingerprint density at radius 3 is 2.75 bits per heavy atom. The van der Waals surface area contributed by atoms with Gasteiger partial charge < -0.3 is 10.1 Å². The first-order chi connectivity index (χ1) is 9.61. The summed E-state index contributed by atoms with van der Waals surface area (Å²) >= 11 is 0. The SMILES string of the molecule is COc1cccnc1-c1cc(CNC(C)C)ccc1C. The van der Waals surface area contributed by atoms with Crippen LogP contribution in [0, 0.1) is 6.92 Å². The molecule has 2 rings (SSSR count). The van der Waals surface area contributed by atoms with Crippen molar-refractivity contribution in [1.82, 2.24) is 10.3 Å². The van der Waals surface area contributed by atoms with Crippen LogP contribution in [0.1, 0.15) is 25.0 Å². The number of benzene rings is 1. The van der Waals surface area contributed by atoms with Gasteiger partial charge in [-0.05, 0) is 36.2 Å². The van der Waals surface area contributed by atoms with Crippen molar-refractivity contribution < 1.29 is 4.74 Å². The highest BCUT2D eigenvalue weighted by Crippen LogP contribution is 2.30. The molecule has 0 bridgehead atoms. The Hall–Kier alpha value is -1.87. The largest absolute Gasteiger partial charge is 0.494 e. The minimum Gasteiger partial charge on any atom is -0.494 e. The van der Waals surface area contributed by atoms with Gasteiger partial charge in [0.25, 0.3) is 0 Å². The van der Waals surface area contributed by atoms with Crippen molar-refractivity contribution in [3.63, 3.8) is 0 Å². The van der Waals surface area contributed by atoms with E-state index in [9.17, 15) is 0 Å². The van der Waals surface area contributed by atoms with E-state index in [-0.39, 0.29) is 0 Å². The lowest BCUT2D eigenvalue weighted by Crippen LogP contribution is -2.21. The maximum absolute atomic E-state index is 5.41. The molecule has 0 atom stereocenters. The summed E-state index contributed by atoms with van der Waals surface area (Å²) in [7, 11) is 1.68. The van der Waals surface area contributed by atoms with Crippen molar-refractivity contribution >= 4 is 0 Å². The van der Waals surface area contributed by atoms with Gasteiger partial charge in [0, 0.05) is 24.3 Å². The summed E-state index contributed by atoms with van der Waals surface area (Å²) in [6.45, 7) is 7.26. The molecule has 0 aliphatic rings. The molecule has 20 heavy (non-hydrogen) atoms. The van der Waals surface area contributed by atoms with Gasteiger partial charge in [-0.1, -0.05) is 26.0 Å². The Morgan fingerprint density at radius 1 is 1.25 bits per heavy atom. The van der Waals surface area contributed by atoms with Crippen molar-refractivity contribution in [2.45, 2.75) is 33.4 Å². The normalized spacial score (nSPS) is 10.8. The maximum atomic E-state index is 5.41. The van der Waals surface area contributed by atoms with Gasteiger partial charge in [0.05, 0.1) is 7.11 Å². The summed E-state index contributed by atoms with van der Waals surface area (Å²) in [6.07, 6.45) is 1.80. The molecule has 0 aliphatic carbocycles. The molecule has 0 fully saturated rings. The van der Waals surface area contributed by atoms with Crippen LogP contribution in [0.4, 0.5) is 0 Å². The van der Waals surface area contributed by atoms with E-state index in [2.05, 4.69) is 49.3 Å². The molecule has 0 radical (unpaired) electrons. The van der Waals surface area contributed by atoms with Crippen LogP contribution in [0.2, 0.25) is 0 Å². The number of nitrogens with one attached hydrogen (secondary N) is 1. The molecule has 3 heteroatoms. The smallest absolute Gasteiger partial charge is 0.145 e. The average molecular weight is 270 g/mol. The molecule has 0 spiro atoms. The van der Waals surface area contributed by atoms with Crippen LogP contribution in [-0.2, 0) is 6.54 Å². The van der Waals surface area contributed by atoms with Crippen LogP contribution in [0.3, 0.4) is 0 Å². The lowest BCUT2D eigenvalue weighted by atomic mass is 10.0. The lowest BCUT2D eigenvalue weighted by molar-refractivity contribution is 0.415. The van der Waals surface area contributed by atoms with Crippen molar-refractivity contribution in [2.24, 2.45) is 0 Å². The zero-order valence-corrected chi connectivity index (χ0v) is 12.6. The molecule has 106 valence electrons. The van der Waals surface area contributed by atoms with Crippen LogP contribution in [0.15, 0.2) is 36.5 Å². The summed E-state index contributed by atoms with van der Waals surface area (Å²) in [5.74, 6) is 0.810. The molecule has 1 aromatic carbocycles. The topological polar surface area (TPSA) is 34.1 Å². The summed E-state index contributed by atoms with van der Waals surface area (Å²) in [5.41, 5.74) is 4.49. The predicted molar refractivity (Wildman–Crippen MR) is 82.9 cm³/mol. The zero-order chi connectivity index (χ0) is 14.5. The summed E-state index contributed by atoms with van der Waals surface area (Å²) in [6, 6.07) is 10.8. The van der Waals surface area contributed by atoms with Crippen LogP contribution >= 0.6 is 0 Å². The summed E-state index contributed by atoms with van der Waals surface area (Å²) in [4.78, 5) is 4.47. The standard InChI is InChI=1S/C17H22N2O/c1-12(2)19-11-14-8-7-13(3)15(10-14)17-16(20-4)6-5-9-18-17/h5-10,12,19H,11H2,1-4H3. The first kappa shape index (κ1) is 14.5. The van der Waals surface area contributed by atoms with E-state index < -0.39 is 0 Å². The van der Waals surface area contributed by atoms with Crippen molar-refractivity contribution in [3.05, 3.63) is 47.7 Å². The fourth-order valence-corrected chi connectivity index (χ4v) is 2.11. The highest BCUT2D eigenvalue weighted by Gasteiger charge is 2.10. The Labute approximate surface area is 121 Å². The number of hydrogen-bond donors (Lipinski definition) is 1. The van der Waals surface area contributed by atoms with E-state index >= 15 is 0 Å². The molecule has 0 amide bonds. The van der Waals surface area contributed by atoms with Gasteiger partial charge in [0.2, 0.25) is 0 Å². The number of pyridine rings is 1. The maximum Gasteiger partial charge on any atom is 0.145 e. The second kappa shape index (κ2) is 6.53. The fourth-order valence-electron chi connectivity index (χ4n) is 2.11. The van der Waals surface area contributed by atoms with E-state index in [0.717, 1.165) is 23.6 Å². The lowest BCUT2D eigenvalue weighted by Gasteiger charge is -2.13. The van der Waals surface area contributed by atoms with E-state index in [0.29, 0.717) is 6.04 Å². The van der Waals surface area contributed by atoms with Crippen molar-refractivity contribution in [2.75, 3.05) is 7.11 Å². The fraction of sp³-hybridized carbons (Fsp3) is 0.353. The van der Waals surface area contributed by atoms with Crippen LogP contribution < -0.4 is 10.1 Å². The van der Waals surface area contributed by atoms with Gasteiger partial charge in [-0.3, -0.25) is 4.98 Å². The van der Waals surface area contributed by atoms with Crippen LogP contribution in [0.25, 0.3) is 11.3 Å². The first-order valence-corrected chi connectivity index (χ1v) is 6.94. The molecule has 0 aliphatic heterocycles. The molecule has 0 saturated heterocycles. The van der Waals surface area contributed by atoms with E-state index in [1.165, 1.54) is 11.1 Å². The summed E-state index contributed by atoms with van der Waals surface area (Å²) < 4.78 is 5.41. The average Bonchev–Trinajstić information content (AvgIpc) is 2.46. The number of aromatic nitrogens is 1. The molecule has 1 N–H and O–H groups in total. The quantitative estimate of drug-likeness (QED) is 0.902.